The number of halogens is 3. The summed E-state index contributed by atoms with van der Waals surface area (Å²) in [6.07, 6.45) is 0. The van der Waals surface area contributed by atoms with Crippen LogP contribution in [0.2, 0.25) is 15.1 Å². The van der Waals surface area contributed by atoms with E-state index in [1.807, 2.05) is 0 Å². The lowest BCUT2D eigenvalue weighted by Crippen LogP contribution is -1.94. The third-order valence-electron chi connectivity index (χ3n) is 1.62. The van der Waals surface area contributed by atoms with Crippen molar-refractivity contribution in [2.24, 2.45) is 0 Å². The molecular weight excluding hydrogens is 282 g/mol. The van der Waals surface area contributed by atoms with Crippen LogP contribution in [0.5, 0.6) is 5.75 Å². The molecule has 0 aliphatic heterocycles. The molecule has 0 unspecified atom stereocenters. The van der Waals surface area contributed by atoms with Crippen LogP contribution in [0.3, 0.4) is 0 Å². The summed E-state index contributed by atoms with van der Waals surface area (Å²) in [5, 5.41) is 9.24. The highest BCUT2D eigenvalue weighted by atomic mass is 35.5. The van der Waals surface area contributed by atoms with Gasteiger partial charge in [0.25, 0.3) is 0 Å². The Morgan fingerprint density at radius 3 is 2.47 bits per heavy atom. The SMILES string of the molecule is OCC#CC#CCOc1ccc(Cl)c(Cl)c1Cl. The molecule has 0 bridgehead atoms. The van der Waals surface area contributed by atoms with Crippen molar-refractivity contribution in [2.75, 3.05) is 13.2 Å². The normalized spacial score (nSPS) is 8.71. The van der Waals surface area contributed by atoms with Gasteiger partial charge in [-0.1, -0.05) is 40.7 Å². The van der Waals surface area contributed by atoms with Gasteiger partial charge < -0.3 is 9.84 Å². The number of ether oxygens (including phenoxy) is 1. The number of aliphatic hydroxyl groups is 1. The number of rotatable bonds is 2. The first-order chi connectivity index (χ1) is 8.16. The Balaban J connectivity index is 2.64. The third-order valence-corrected chi connectivity index (χ3v) is 2.89. The molecule has 17 heavy (non-hydrogen) atoms. The summed E-state index contributed by atoms with van der Waals surface area (Å²) in [5.41, 5.74) is 0. The number of benzene rings is 1. The number of aliphatic hydroxyl groups excluding tert-OH is 1. The zero-order chi connectivity index (χ0) is 12.7. The van der Waals surface area contributed by atoms with E-state index < -0.39 is 0 Å². The molecule has 0 aromatic heterocycles. The average molecular weight is 290 g/mol. The Labute approximate surface area is 114 Å². The Bertz CT molecular complexity index is 518. The molecule has 2 nitrogen and oxygen atoms in total. The molecule has 0 heterocycles. The van der Waals surface area contributed by atoms with E-state index in [0.717, 1.165) is 0 Å². The van der Waals surface area contributed by atoms with Crippen molar-refractivity contribution in [1.29, 1.82) is 0 Å². The average Bonchev–Trinajstić information content (AvgIpc) is 2.33. The Hall–Kier alpha value is -1.03. The molecule has 0 atom stereocenters. The fourth-order valence-corrected chi connectivity index (χ4v) is 1.48. The minimum Gasteiger partial charge on any atom is -0.479 e. The number of hydrogen-bond donors (Lipinski definition) is 1. The lowest BCUT2D eigenvalue weighted by Gasteiger charge is -2.06. The predicted molar refractivity (Wildman–Crippen MR) is 69.6 cm³/mol. The van der Waals surface area contributed by atoms with Gasteiger partial charge >= 0.3 is 0 Å². The lowest BCUT2D eigenvalue weighted by molar-refractivity contribution is 0.350. The summed E-state index contributed by atoms with van der Waals surface area (Å²) in [6.45, 7) is -0.0913. The van der Waals surface area contributed by atoms with Crippen molar-refractivity contribution < 1.29 is 9.84 Å². The van der Waals surface area contributed by atoms with Crippen LogP contribution in [-0.4, -0.2) is 18.3 Å². The monoisotopic (exact) mass is 288 g/mol. The first-order valence-electron chi connectivity index (χ1n) is 4.49. The van der Waals surface area contributed by atoms with Crippen LogP contribution in [-0.2, 0) is 0 Å². The highest BCUT2D eigenvalue weighted by Crippen LogP contribution is 2.36. The molecular formula is C12H7Cl3O2. The van der Waals surface area contributed by atoms with Crippen molar-refractivity contribution in [3.8, 4) is 29.4 Å². The molecule has 1 aromatic carbocycles. The molecule has 0 radical (unpaired) electrons. The highest BCUT2D eigenvalue weighted by Gasteiger charge is 2.08. The first-order valence-corrected chi connectivity index (χ1v) is 5.63. The van der Waals surface area contributed by atoms with Gasteiger partial charge in [-0.05, 0) is 29.9 Å². The van der Waals surface area contributed by atoms with Gasteiger partial charge in [-0.2, -0.15) is 0 Å². The number of hydrogen-bond acceptors (Lipinski definition) is 2. The van der Waals surface area contributed by atoms with Crippen LogP contribution in [0.1, 0.15) is 0 Å². The van der Waals surface area contributed by atoms with Gasteiger partial charge in [0.05, 0.1) is 10.0 Å². The summed E-state index contributed by atoms with van der Waals surface area (Å²) in [4.78, 5) is 0. The Kier molecular flexibility index (Phi) is 6.05. The zero-order valence-electron chi connectivity index (χ0n) is 8.56. The molecule has 0 fully saturated rings. The van der Waals surface area contributed by atoms with Gasteiger partial charge in [0.1, 0.15) is 24.0 Å². The van der Waals surface area contributed by atoms with Gasteiger partial charge in [-0.25, -0.2) is 0 Å². The molecule has 5 heteroatoms. The summed E-state index contributed by atoms with van der Waals surface area (Å²) in [7, 11) is 0. The Morgan fingerprint density at radius 2 is 1.76 bits per heavy atom. The highest BCUT2D eigenvalue weighted by molar-refractivity contribution is 6.48. The van der Waals surface area contributed by atoms with E-state index in [9.17, 15) is 0 Å². The van der Waals surface area contributed by atoms with Gasteiger partial charge in [-0.15, -0.1) is 0 Å². The van der Waals surface area contributed by atoms with Crippen molar-refractivity contribution in [1.82, 2.24) is 0 Å². The van der Waals surface area contributed by atoms with E-state index >= 15 is 0 Å². The first kappa shape index (κ1) is 14.0. The van der Waals surface area contributed by atoms with Crippen molar-refractivity contribution in [3.05, 3.63) is 27.2 Å². The Morgan fingerprint density at radius 1 is 1.06 bits per heavy atom. The van der Waals surface area contributed by atoms with Crippen molar-refractivity contribution in [3.63, 3.8) is 0 Å². The fourth-order valence-electron chi connectivity index (χ4n) is 0.897. The minimum absolute atomic E-state index is 0.123. The molecule has 1 rings (SSSR count). The van der Waals surface area contributed by atoms with E-state index in [1.54, 1.807) is 12.1 Å². The summed E-state index contributed by atoms with van der Waals surface area (Å²) < 4.78 is 5.27. The molecule has 0 aliphatic carbocycles. The van der Waals surface area contributed by atoms with Crippen LogP contribution in [0.4, 0.5) is 0 Å². The second kappa shape index (κ2) is 7.33. The van der Waals surface area contributed by atoms with Crippen LogP contribution < -0.4 is 4.74 Å². The summed E-state index contributed by atoms with van der Waals surface area (Å²) >= 11 is 17.5. The molecule has 0 aliphatic rings. The second-order valence-electron chi connectivity index (χ2n) is 2.72. The third kappa shape index (κ3) is 4.38. The van der Waals surface area contributed by atoms with E-state index in [2.05, 4.69) is 23.7 Å². The largest absolute Gasteiger partial charge is 0.479 e. The maximum atomic E-state index is 8.38. The standard InChI is InChI=1S/C12H7Cl3O2/c13-9-5-6-10(12(15)11(9)14)17-8-4-2-1-3-7-16/h5-6,16H,7-8H2. The van der Waals surface area contributed by atoms with Gasteiger partial charge in [0, 0.05) is 0 Å². The van der Waals surface area contributed by atoms with Crippen LogP contribution >= 0.6 is 34.8 Å². The smallest absolute Gasteiger partial charge is 0.150 e. The van der Waals surface area contributed by atoms with E-state index in [-0.39, 0.29) is 23.3 Å². The quantitative estimate of drug-likeness (QED) is 0.670. The van der Waals surface area contributed by atoms with Crippen molar-refractivity contribution in [2.45, 2.75) is 0 Å². The van der Waals surface area contributed by atoms with Gasteiger partial charge in [0.2, 0.25) is 0 Å². The maximum Gasteiger partial charge on any atom is 0.150 e. The second-order valence-corrected chi connectivity index (χ2v) is 3.89. The molecule has 0 saturated heterocycles. The van der Waals surface area contributed by atoms with E-state index in [0.29, 0.717) is 10.8 Å². The maximum absolute atomic E-state index is 8.38. The minimum atomic E-state index is -0.214. The molecule has 1 N–H and O–H groups in total. The van der Waals surface area contributed by atoms with Crippen LogP contribution in [0.15, 0.2) is 12.1 Å². The van der Waals surface area contributed by atoms with Gasteiger partial charge in [-0.3, -0.25) is 0 Å². The summed E-state index contributed by atoms with van der Waals surface area (Å²) in [6, 6.07) is 3.20. The van der Waals surface area contributed by atoms with Gasteiger partial charge in [0.15, 0.2) is 0 Å². The molecule has 88 valence electrons. The van der Waals surface area contributed by atoms with E-state index in [4.69, 9.17) is 44.6 Å². The van der Waals surface area contributed by atoms with Crippen LogP contribution in [0, 0.1) is 23.7 Å². The summed E-state index contributed by atoms with van der Waals surface area (Å²) in [5.74, 6) is 10.4. The fraction of sp³-hybridized carbons (Fsp3) is 0.167. The van der Waals surface area contributed by atoms with E-state index in [1.165, 1.54) is 0 Å². The zero-order valence-corrected chi connectivity index (χ0v) is 10.8. The molecule has 0 spiro atoms. The molecule has 1 aromatic rings. The molecule has 0 saturated carbocycles. The topological polar surface area (TPSA) is 29.5 Å². The molecule has 0 amide bonds. The van der Waals surface area contributed by atoms with Crippen LogP contribution in [0.25, 0.3) is 0 Å². The van der Waals surface area contributed by atoms with Crippen molar-refractivity contribution >= 4 is 34.8 Å². The lowest BCUT2D eigenvalue weighted by atomic mass is 10.3. The predicted octanol–water partition coefficient (Wildman–Crippen LogP) is 3.02.